The molecule has 0 saturated heterocycles. The van der Waals surface area contributed by atoms with Crippen LogP contribution in [0.1, 0.15) is 37.5 Å². The summed E-state index contributed by atoms with van der Waals surface area (Å²) in [5.41, 5.74) is 2.08. The van der Waals surface area contributed by atoms with Gasteiger partial charge in [-0.25, -0.2) is 0 Å². The lowest BCUT2D eigenvalue weighted by molar-refractivity contribution is -0.123. The number of hydrogen-bond acceptors (Lipinski definition) is 4. The van der Waals surface area contributed by atoms with E-state index in [0.717, 1.165) is 29.0 Å². The van der Waals surface area contributed by atoms with Crippen LogP contribution >= 0.6 is 0 Å². The molecule has 144 valence electrons. The van der Waals surface area contributed by atoms with Gasteiger partial charge in [0.2, 0.25) is 5.91 Å². The summed E-state index contributed by atoms with van der Waals surface area (Å²) in [6.45, 7) is 5.72. The summed E-state index contributed by atoms with van der Waals surface area (Å²) >= 11 is 0. The van der Waals surface area contributed by atoms with Gasteiger partial charge < -0.3 is 14.8 Å². The molecule has 1 amide bonds. The van der Waals surface area contributed by atoms with Crippen LogP contribution in [-0.2, 0) is 11.3 Å². The number of benzene rings is 2. The van der Waals surface area contributed by atoms with Gasteiger partial charge in [-0.05, 0) is 25.5 Å². The number of hydrogen-bond donors (Lipinski definition) is 1. The van der Waals surface area contributed by atoms with Gasteiger partial charge in [0.25, 0.3) is 0 Å². The number of nitrogens with zero attached hydrogens (tertiary/aromatic N) is 1. The van der Waals surface area contributed by atoms with Crippen molar-refractivity contribution in [3.8, 4) is 11.5 Å². The maximum absolute atomic E-state index is 12.5. The number of carbonyl (C=O) groups excluding carboxylic acids is 1. The molecule has 2 atom stereocenters. The summed E-state index contributed by atoms with van der Waals surface area (Å²) in [4.78, 5) is 14.6. The summed E-state index contributed by atoms with van der Waals surface area (Å²) in [7, 11) is 1.67. The molecule has 0 spiro atoms. The number of para-hydroxylation sites is 2. The summed E-state index contributed by atoms with van der Waals surface area (Å²) in [5.74, 6) is 1.70. The minimum absolute atomic E-state index is 0.0440. The first-order chi connectivity index (χ1) is 13.1. The molecule has 0 aliphatic carbocycles. The lowest BCUT2D eigenvalue weighted by Gasteiger charge is -2.25. The summed E-state index contributed by atoms with van der Waals surface area (Å²) in [6, 6.07) is 16.1. The first-order valence-corrected chi connectivity index (χ1v) is 9.50. The maximum Gasteiger partial charge on any atom is 0.234 e. The standard InChI is InChI=1S/C22H28N2O3/c1-4-16(2)23-22(25)15-24-13-17-9-5-7-11-19(17)27-21(14-24)18-10-6-8-12-20(18)26-3/h5-12,16,21H,4,13-15H2,1-3H3,(H,23,25). The number of carbonyl (C=O) groups is 1. The Labute approximate surface area is 161 Å². The van der Waals surface area contributed by atoms with Crippen LogP contribution in [0.5, 0.6) is 11.5 Å². The molecule has 1 aliphatic heterocycles. The first kappa shape index (κ1) is 19.2. The fraction of sp³-hybridized carbons (Fsp3) is 0.409. The molecule has 0 bridgehead atoms. The van der Waals surface area contributed by atoms with Crippen molar-refractivity contribution in [3.05, 3.63) is 59.7 Å². The van der Waals surface area contributed by atoms with Gasteiger partial charge in [-0.2, -0.15) is 0 Å². The minimum Gasteiger partial charge on any atom is -0.496 e. The van der Waals surface area contributed by atoms with Crippen molar-refractivity contribution < 1.29 is 14.3 Å². The molecule has 5 heteroatoms. The molecule has 0 radical (unpaired) electrons. The van der Waals surface area contributed by atoms with Gasteiger partial charge in [0.15, 0.2) is 0 Å². The third kappa shape index (κ3) is 4.80. The quantitative estimate of drug-likeness (QED) is 0.847. The van der Waals surface area contributed by atoms with Gasteiger partial charge in [-0.1, -0.05) is 43.3 Å². The number of fused-ring (bicyclic) bond motifs is 1. The predicted molar refractivity (Wildman–Crippen MR) is 106 cm³/mol. The molecule has 1 heterocycles. The lowest BCUT2D eigenvalue weighted by atomic mass is 10.1. The van der Waals surface area contributed by atoms with E-state index in [9.17, 15) is 4.79 Å². The largest absolute Gasteiger partial charge is 0.496 e. The molecule has 0 fully saturated rings. The second-order valence-electron chi connectivity index (χ2n) is 7.00. The Hall–Kier alpha value is -2.53. The lowest BCUT2D eigenvalue weighted by Crippen LogP contribution is -2.41. The van der Waals surface area contributed by atoms with Gasteiger partial charge in [0, 0.05) is 30.3 Å². The van der Waals surface area contributed by atoms with Gasteiger partial charge in [0.1, 0.15) is 17.6 Å². The zero-order valence-corrected chi connectivity index (χ0v) is 16.3. The molecule has 3 rings (SSSR count). The van der Waals surface area contributed by atoms with Gasteiger partial charge in [-0.15, -0.1) is 0 Å². The van der Waals surface area contributed by atoms with E-state index in [-0.39, 0.29) is 18.1 Å². The highest BCUT2D eigenvalue weighted by atomic mass is 16.5. The summed E-state index contributed by atoms with van der Waals surface area (Å²) in [5, 5.41) is 3.05. The monoisotopic (exact) mass is 368 g/mol. The fourth-order valence-corrected chi connectivity index (χ4v) is 3.32. The normalized spacial score (nSPS) is 18.0. The highest BCUT2D eigenvalue weighted by molar-refractivity contribution is 5.78. The van der Waals surface area contributed by atoms with Crippen molar-refractivity contribution in [2.24, 2.45) is 0 Å². The zero-order valence-electron chi connectivity index (χ0n) is 16.3. The van der Waals surface area contributed by atoms with E-state index < -0.39 is 0 Å². The third-order valence-corrected chi connectivity index (χ3v) is 4.93. The Morgan fingerprint density at radius 1 is 1.26 bits per heavy atom. The van der Waals surface area contributed by atoms with E-state index in [0.29, 0.717) is 19.6 Å². The molecule has 1 N–H and O–H groups in total. The molecule has 0 aromatic heterocycles. The Morgan fingerprint density at radius 2 is 2.00 bits per heavy atom. The average Bonchev–Trinajstić information content (AvgIpc) is 2.86. The molecule has 2 unspecified atom stereocenters. The predicted octanol–water partition coefficient (Wildman–Crippen LogP) is 3.55. The van der Waals surface area contributed by atoms with Crippen LogP contribution in [0.15, 0.2) is 48.5 Å². The number of ether oxygens (including phenoxy) is 2. The molecule has 0 saturated carbocycles. The van der Waals surface area contributed by atoms with E-state index >= 15 is 0 Å². The Morgan fingerprint density at radius 3 is 2.78 bits per heavy atom. The fourth-order valence-electron chi connectivity index (χ4n) is 3.32. The van der Waals surface area contributed by atoms with Crippen LogP contribution in [0.4, 0.5) is 0 Å². The van der Waals surface area contributed by atoms with E-state index in [1.165, 1.54) is 0 Å². The summed E-state index contributed by atoms with van der Waals surface area (Å²) in [6.07, 6.45) is 0.711. The van der Waals surface area contributed by atoms with Crippen molar-refractivity contribution in [2.45, 2.75) is 39.0 Å². The number of nitrogens with one attached hydrogen (secondary N) is 1. The van der Waals surface area contributed by atoms with Crippen molar-refractivity contribution in [1.82, 2.24) is 10.2 Å². The van der Waals surface area contributed by atoms with Gasteiger partial charge in [0.05, 0.1) is 13.7 Å². The second kappa shape index (κ2) is 8.91. The second-order valence-corrected chi connectivity index (χ2v) is 7.00. The highest BCUT2D eigenvalue weighted by Gasteiger charge is 2.27. The Bertz CT molecular complexity index is 778. The van der Waals surface area contributed by atoms with Crippen molar-refractivity contribution in [2.75, 3.05) is 20.2 Å². The van der Waals surface area contributed by atoms with E-state index in [1.807, 2.05) is 49.4 Å². The SMILES string of the molecule is CCC(C)NC(=O)CN1Cc2ccccc2OC(c2ccccc2OC)C1. The van der Waals surface area contributed by atoms with Crippen LogP contribution in [0.25, 0.3) is 0 Å². The molecule has 1 aliphatic rings. The smallest absolute Gasteiger partial charge is 0.234 e. The highest BCUT2D eigenvalue weighted by Crippen LogP contribution is 2.34. The number of rotatable bonds is 6. The van der Waals surface area contributed by atoms with Crippen LogP contribution in [0.2, 0.25) is 0 Å². The molecule has 2 aromatic carbocycles. The maximum atomic E-state index is 12.5. The van der Waals surface area contributed by atoms with Gasteiger partial charge in [-0.3, -0.25) is 9.69 Å². The zero-order chi connectivity index (χ0) is 19.2. The van der Waals surface area contributed by atoms with Crippen molar-refractivity contribution >= 4 is 5.91 Å². The number of methoxy groups -OCH3 is 1. The van der Waals surface area contributed by atoms with E-state index in [2.05, 4.69) is 23.2 Å². The molecule has 5 nitrogen and oxygen atoms in total. The summed E-state index contributed by atoms with van der Waals surface area (Å²) < 4.78 is 11.9. The first-order valence-electron chi connectivity index (χ1n) is 9.50. The van der Waals surface area contributed by atoms with Crippen LogP contribution in [0.3, 0.4) is 0 Å². The molecular formula is C22H28N2O3. The molecule has 2 aromatic rings. The Balaban J connectivity index is 1.86. The van der Waals surface area contributed by atoms with Crippen molar-refractivity contribution in [1.29, 1.82) is 0 Å². The minimum atomic E-state index is -0.207. The van der Waals surface area contributed by atoms with E-state index in [4.69, 9.17) is 9.47 Å². The number of amides is 1. The molecular weight excluding hydrogens is 340 g/mol. The average molecular weight is 368 g/mol. The third-order valence-electron chi connectivity index (χ3n) is 4.93. The topological polar surface area (TPSA) is 50.8 Å². The molecule has 27 heavy (non-hydrogen) atoms. The van der Waals surface area contributed by atoms with Gasteiger partial charge >= 0.3 is 0 Å². The van der Waals surface area contributed by atoms with E-state index in [1.54, 1.807) is 7.11 Å². The Kier molecular flexibility index (Phi) is 6.35. The van der Waals surface area contributed by atoms with Crippen LogP contribution in [-0.4, -0.2) is 37.0 Å². The van der Waals surface area contributed by atoms with Crippen LogP contribution < -0.4 is 14.8 Å². The van der Waals surface area contributed by atoms with Crippen LogP contribution in [0, 0.1) is 0 Å². The van der Waals surface area contributed by atoms with Crippen molar-refractivity contribution in [3.63, 3.8) is 0 Å².